The van der Waals surface area contributed by atoms with Gasteiger partial charge in [0.25, 0.3) is 0 Å². The van der Waals surface area contributed by atoms with Crippen molar-refractivity contribution in [2.45, 2.75) is 25.7 Å². The minimum atomic E-state index is -0.671. The molecule has 3 rings (SSSR count). The van der Waals surface area contributed by atoms with E-state index in [4.69, 9.17) is 0 Å². The van der Waals surface area contributed by atoms with Crippen molar-refractivity contribution in [3.8, 4) is 0 Å². The van der Waals surface area contributed by atoms with Gasteiger partial charge in [0.15, 0.2) is 5.65 Å². The zero-order valence-electron chi connectivity index (χ0n) is 11.2. The van der Waals surface area contributed by atoms with Crippen LogP contribution in [-0.4, -0.2) is 32.2 Å². The highest BCUT2D eigenvalue weighted by molar-refractivity contribution is 5.70. The maximum Gasteiger partial charge on any atom is 0.306 e. The Balaban J connectivity index is 1.66. The lowest BCUT2D eigenvalue weighted by molar-refractivity contribution is -0.144. The summed E-state index contributed by atoms with van der Waals surface area (Å²) in [4.78, 5) is 15.7. The van der Waals surface area contributed by atoms with Crippen LogP contribution < -0.4 is 5.32 Å². The van der Waals surface area contributed by atoms with Crippen molar-refractivity contribution >= 4 is 17.4 Å². The lowest BCUT2D eigenvalue weighted by Crippen LogP contribution is -2.31. The van der Waals surface area contributed by atoms with Crippen LogP contribution in [-0.2, 0) is 4.79 Å². The topological polar surface area (TPSA) is 79.5 Å². The Bertz CT molecular complexity index is 610. The summed E-state index contributed by atoms with van der Waals surface area (Å²) in [6, 6.07) is 3.70. The molecule has 1 saturated carbocycles. The Morgan fingerprint density at radius 2 is 2.25 bits per heavy atom. The largest absolute Gasteiger partial charge is 0.481 e. The molecular formula is C14H18N4O2. The highest BCUT2D eigenvalue weighted by atomic mass is 16.4. The van der Waals surface area contributed by atoms with E-state index in [9.17, 15) is 9.90 Å². The van der Waals surface area contributed by atoms with Crippen molar-refractivity contribution in [2.75, 3.05) is 11.9 Å². The summed E-state index contributed by atoms with van der Waals surface area (Å²) in [5, 5.41) is 16.6. The van der Waals surface area contributed by atoms with E-state index in [0.29, 0.717) is 6.54 Å². The number of hydrogen-bond acceptors (Lipinski definition) is 4. The van der Waals surface area contributed by atoms with Crippen molar-refractivity contribution in [1.29, 1.82) is 0 Å². The van der Waals surface area contributed by atoms with Crippen LogP contribution in [0.4, 0.5) is 5.82 Å². The number of carboxylic acids is 1. The van der Waals surface area contributed by atoms with Crippen LogP contribution >= 0.6 is 0 Å². The molecule has 6 nitrogen and oxygen atoms in total. The molecule has 1 aliphatic carbocycles. The summed E-state index contributed by atoms with van der Waals surface area (Å²) in [5.74, 6) is 0.0579. The van der Waals surface area contributed by atoms with Gasteiger partial charge in [0.05, 0.1) is 12.1 Å². The molecule has 0 spiro atoms. The first-order valence-electron chi connectivity index (χ1n) is 7.01. The van der Waals surface area contributed by atoms with Crippen molar-refractivity contribution in [1.82, 2.24) is 14.6 Å². The van der Waals surface area contributed by atoms with Crippen molar-refractivity contribution in [3.63, 3.8) is 0 Å². The fourth-order valence-corrected chi connectivity index (χ4v) is 2.92. The van der Waals surface area contributed by atoms with Crippen LogP contribution in [0.2, 0.25) is 0 Å². The van der Waals surface area contributed by atoms with Gasteiger partial charge in [-0.15, -0.1) is 0 Å². The second kappa shape index (κ2) is 5.48. The van der Waals surface area contributed by atoms with Gasteiger partial charge >= 0.3 is 5.97 Å². The molecule has 0 amide bonds. The molecule has 2 aromatic rings. The molecular weight excluding hydrogens is 256 g/mol. The third kappa shape index (κ3) is 2.59. The molecule has 106 valence electrons. The van der Waals surface area contributed by atoms with Gasteiger partial charge in [0, 0.05) is 18.8 Å². The molecule has 6 heteroatoms. The highest BCUT2D eigenvalue weighted by Gasteiger charge is 2.30. The third-order valence-corrected chi connectivity index (χ3v) is 4.03. The first-order chi connectivity index (χ1) is 9.74. The molecule has 0 bridgehead atoms. The molecule has 2 heterocycles. The summed E-state index contributed by atoms with van der Waals surface area (Å²) < 4.78 is 1.70. The van der Waals surface area contributed by atoms with E-state index in [-0.39, 0.29) is 11.8 Å². The number of carbonyl (C=O) groups is 1. The summed E-state index contributed by atoms with van der Waals surface area (Å²) in [6.45, 7) is 0.661. The molecule has 0 aliphatic heterocycles. The first-order valence-corrected chi connectivity index (χ1v) is 7.01. The van der Waals surface area contributed by atoms with Crippen LogP contribution in [0.25, 0.3) is 5.65 Å². The number of nitrogens with one attached hydrogen (secondary N) is 1. The fraction of sp³-hybridized carbons (Fsp3) is 0.500. The minimum absolute atomic E-state index is 0.184. The average Bonchev–Trinajstić information content (AvgIpc) is 2.92. The van der Waals surface area contributed by atoms with E-state index in [2.05, 4.69) is 15.4 Å². The second-order valence-corrected chi connectivity index (χ2v) is 5.32. The number of aromatic nitrogens is 3. The molecule has 1 aliphatic rings. The van der Waals surface area contributed by atoms with E-state index < -0.39 is 5.97 Å². The fourth-order valence-electron chi connectivity index (χ4n) is 2.92. The number of nitrogens with zero attached hydrogens (tertiary/aromatic N) is 3. The summed E-state index contributed by atoms with van der Waals surface area (Å²) in [7, 11) is 0. The second-order valence-electron chi connectivity index (χ2n) is 5.32. The number of hydrogen-bond donors (Lipinski definition) is 2. The smallest absolute Gasteiger partial charge is 0.306 e. The predicted octanol–water partition coefficient (Wildman–Crippen LogP) is 2.03. The van der Waals surface area contributed by atoms with Crippen LogP contribution in [0.15, 0.2) is 24.5 Å². The van der Waals surface area contributed by atoms with Crippen molar-refractivity contribution in [3.05, 3.63) is 24.5 Å². The molecule has 0 aromatic carbocycles. The molecule has 0 saturated heterocycles. The Morgan fingerprint density at radius 1 is 1.40 bits per heavy atom. The van der Waals surface area contributed by atoms with Gasteiger partial charge in [0.1, 0.15) is 5.82 Å². The Hall–Kier alpha value is -2.11. The number of fused-ring (bicyclic) bond motifs is 1. The molecule has 2 atom stereocenters. The van der Waals surface area contributed by atoms with Gasteiger partial charge in [-0.25, -0.2) is 9.50 Å². The van der Waals surface area contributed by atoms with E-state index in [1.807, 2.05) is 18.3 Å². The number of carboxylic acid groups (broad SMARTS) is 1. The van der Waals surface area contributed by atoms with Gasteiger partial charge < -0.3 is 10.4 Å². The maximum atomic E-state index is 11.3. The Morgan fingerprint density at radius 3 is 3.10 bits per heavy atom. The molecule has 1 fully saturated rings. The average molecular weight is 274 g/mol. The van der Waals surface area contributed by atoms with E-state index in [1.54, 1.807) is 10.7 Å². The Kier molecular flexibility index (Phi) is 3.54. The van der Waals surface area contributed by atoms with Gasteiger partial charge in [-0.3, -0.25) is 4.79 Å². The SMILES string of the molecule is O=C(O)C1CCCCC1CNc1ccn2nccc2n1. The van der Waals surface area contributed by atoms with Crippen LogP contribution in [0, 0.1) is 11.8 Å². The molecule has 0 radical (unpaired) electrons. The summed E-state index contributed by atoms with van der Waals surface area (Å²) in [6.07, 6.45) is 7.45. The maximum absolute atomic E-state index is 11.3. The lowest BCUT2D eigenvalue weighted by Gasteiger charge is -2.28. The molecule has 2 N–H and O–H groups in total. The van der Waals surface area contributed by atoms with Gasteiger partial charge in [-0.05, 0) is 24.8 Å². The molecule has 20 heavy (non-hydrogen) atoms. The number of aliphatic carboxylic acids is 1. The van der Waals surface area contributed by atoms with E-state index in [1.165, 1.54) is 0 Å². The predicted molar refractivity (Wildman–Crippen MR) is 74.6 cm³/mol. The quantitative estimate of drug-likeness (QED) is 0.891. The van der Waals surface area contributed by atoms with Crippen molar-refractivity contribution < 1.29 is 9.90 Å². The zero-order valence-corrected chi connectivity index (χ0v) is 11.2. The highest BCUT2D eigenvalue weighted by Crippen LogP contribution is 2.30. The lowest BCUT2D eigenvalue weighted by atomic mass is 9.79. The monoisotopic (exact) mass is 274 g/mol. The van der Waals surface area contributed by atoms with Gasteiger partial charge in [0.2, 0.25) is 0 Å². The van der Waals surface area contributed by atoms with E-state index >= 15 is 0 Å². The van der Waals surface area contributed by atoms with E-state index in [0.717, 1.165) is 37.1 Å². The van der Waals surface area contributed by atoms with Gasteiger partial charge in [-0.1, -0.05) is 12.8 Å². The normalized spacial score (nSPS) is 22.8. The third-order valence-electron chi connectivity index (χ3n) is 4.03. The number of rotatable bonds is 4. The number of anilines is 1. The van der Waals surface area contributed by atoms with Crippen LogP contribution in [0.5, 0.6) is 0 Å². The van der Waals surface area contributed by atoms with Crippen LogP contribution in [0.3, 0.4) is 0 Å². The zero-order chi connectivity index (χ0) is 13.9. The molecule has 2 aromatic heterocycles. The first kappa shape index (κ1) is 12.9. The standard InChI is InChI=1S/C14H18N4O2/c19-14(20)11-4-2-1-3-10(11)9-15-12-6-8-18-13(17-12)5-7-16-18/h5-8,10-11H,1-4,9H2,(H,15,17)(H,19,20). The van der Waals surface area contributed by atoms with Crippen molar-refractivity contribution in [2.24, 2.45) is 11.8 Å². The summed E-state index contributed by atoms with van der Waals surface area (Å²) >= 11 is 0. The summed E-state index contributed by atoms with van der Waals surface area (Å²) in [5.41, 5.74) is 0.786. The van der Waals surface area contributed by atoms with Crippen LogP contribution in [0.1, 0.15) is 25.7 Å². The minimum Gasteiger partial charge on any atom is -0.481 e. The Labute approximate surface area is 116 Å². The molecule has 2 unspecified atom stereocenters. The van der Waals surface area contributed by atoms with Gasteiger partial charge in [-0.2, -0.15) is 5.10 Å².